The zero-order valence-corrected chi connectivity index (χ0v) is 12.2. The van der Waals surface area contributed by atoms with Gasteiger partial charge < -0.3 is 14.7 Å². The number of hydrogen-bond donors (Lipinski definition) is 1. The van der Waals surface area contributed by atoms with Crippen LogP contribution in [-0.4, -0.2) is 48.3 Å². The molecule has 0 saturated carbocycles. The van der Waals surface area contributed by atoms with E-state index < -0.39 is 11.4 Å². The number of nitrogens with zero attached hydrogens (tertiary/aromatic N) is 1. The maximum atomic E-state index is 11.5. The second-order valence-corrected chi connectivity index (χ2v) is 6.03. The number of aliphatic carboxylic acids is 1. The third-order valence-electron chi connectivity index (χ3n) is 4.37. The molecular formula is C14H27NO3. The van der Waals surface area contributed by atoms with Crippen molar-refractivity contribution in [1.29, 1.82) is 0 Å². The molecule has 1 aliphatic heterocycles. The first-order valence-electron chi connectivity index (χ1n) is 6.86. The Kier molecular flexibility index (Phi) is 5.17. The highest BCUT2D eigenvalue weighted by Crippen LogP contribution is 2.34. The Bertz CT molecular complexity index is 291. The fourth-order valence-electron chi connectivity index (χ4n) is 2.56. The summed E-state index contributed by atoms with van der Waals surface area (Å²) in [6.07, 6.45) is 3.44. The van der Waals surface area contributed by atoms with Gasteiger partial charge in [0.15, 0.2) is 0 Å². The van der Waals surface area contributed by atoms with E-state index in [1.807, 2.05) is 6.92 Å². The molecule has 1 atom stereocenters. The second-order valence-electron chi connectivity index (χ2n) is 6.03. The van der Waals surface area contributed by atoms with Gasteiger partial charge in [-0.15, -0.1) is 0 Å². The number of piperidine rings is 1. The second kappa shape index (κ2) is 6.02. The lowest BCUT2D eigenvalue weighted by atomic mass is 9.77. The van der Waals surface area contributed by atoms with Gasteiger partial charge in [0.05, 0.1) is 11.0 Å². The minimum Gasteiger partial charge on any atom is -0.481 e. The number of carboxylic acid groups (broad SMARTS) is 1. The summed E-state index contributed by atoms with van der Waals surface area (Å²) in [6, 6.07) is 0. The predicted molar refractivity (Wildman–Crippen MR) is 71.7 cm³/mol. The molecule has 1 fully saturated rings. The van der Waals surface area contributed by atoms with Crippen LogP contribution in [0.3, 0.4) is 0 Å². The van der Waals surface area contributed by atoms with Crippen LogP contribution in [0.15, 0.2) is 0 Å². The average molecular weight is 257 g/mol. The minimum absolute atomic E-state index is 0.129. The Morgan fingerprint density at radius 2 is 2.17 bits per heavy atom. The number of hydrogen-bond acceptors (Lipinski definition) is 3. The molecule has 1 heterocycles. The maximum absolute atomic E-state index is 11.5. The van der Waals surface area contributed by atoms with Gasteiger partial charge in [-0.3, -0.25) is 4.79 Å². The van der Waals surface area contributed by atoms with Crippen molar-refractivity contribution in [2.45, 2.75) is 52.1 Å². The highest BCUT2D eigenvalue weighted by atomic mass is 16.5. The van der Waals surface area contributed by atoms with E-state index in [0.29, 0.717) is 13.0 Å². The van der Waals surface area contributed by atoms with E-state index in [2.05, 4.69) is 18.7 Å². The standard InChI is InChI=1S/C14H27NO3/c1-5-14(12(16)17)7-6-9-15(11-14)10-8-13(2,3)18-4/h5-11H2,1-4H3,(H,16,17). The molecule has 0 aromatic carbocycles. The molecule has 0 aromatic heterocycles. The van der Waals surface area contributed by atoms with Crippen LogP contribution >= 0.6 is 0 Å². The molecular weight excluding hydrogens is 230 g/mol. The number of likely N-dealkylation sites (tertiary alicyclic amines) is 1. The quantitative estimate of drug-likeness (QED) is 0.793. The Labute approximate surface area is 110 Å². The molecule has 0 spiro atoms. The Hall–Kier alpha value is -0.610. The first-order valence-corrected chi connectivity index (χ1v) is 6.86. The molecule has 0 aromatic rings. The van der Waals surface area contributed by atoms with Crippen molar-refractivity contribution < 1.29 is 14.6 Å². The van der Waals surface area contributed by atoms with E-state index in [1.165, 1.54) is 0 Å². The lowest BCUT2D eigenvalue weighted by Gasteiger charge is -2.40. The van der Waals surface area contributed by atoms with Gasteiger partial charge in [-0.2, -0.15) is 0 Å². The first-order chi connectivity index (χ1) is 8.35. The highest BCUT2D eigenvalue weighted by molar-refractivity contribution is 5.75. The molecule has 106 valence electrons. The van der Waals surface area contributed by atoms with Crippen LogP contribution in [-0.2, 0) is 9.53 Å². The number of methoxy groups -OCH3 is 1. The van der Waals surface area contributed by atoms with Gasteiger partial charge in [0.25, 0.3) is 0 Å². The van der Waals surface area contributed by atoms with Crippen LogP contribution < -0.4 is 0 Å². The third-order valence-corrected chi connectivity index (χ3v) is 4.37. The first kappa shape index (κ1) is 15.4. The number of rotatable bonds is 6. The van der Waals surface area contributed by atoms with E-state index in [9.17, 15) is 9.90 Å². The fourth-order valence-corrected chi connectivity index (χ4v) is 2.56. The Balaban J connectivity index is 2.56. The van der Waals surface area contributed by atoms with Crippen molar-refractivity contribution in [3.8, 4) is 0 Å². The Morgan fingerprint density at radius 1 is 1.50 bits per heavy atom. The molecule has 4 heteroatoms. The Morgan fingerprint density at radius 3 is 2.67 bits per heavy atom. The summed E-state index contributed by atoms with van der Waals surface area (Å²) < 4.78 is 5.41. The summed E-state index contributed by atoms with van der Waals surface area (Å²) in [7, 11) is 1.73. The normalized spacial score (nSPS) is 26.2. The predicted octanol–water partition coefficient (Wildman–Crippen LogP) is 2.38. The van der Waals surface area contributed by atoms with Crippen molar-refractivity contribution in [2.24, 2.45) is 5.41 Å². The molecule has 1 unspecified atom stereocenters. The van der Waals surface area contributed by atoms with Crippen LogP contribution in [0.1, 0.15) is 46.5 Å². The molecule has 0 bridgehead atoms. The summed E-state index contributed by atoms with van der Waals surface area (Å²) in [6.45, 7) is 8.72. The number of carbonyl (C=O) groups is 1. The summed E-state index contributed by atoms with van der Waals surface area (Å²) in [5.74, 6) is -0.638. The zero-order chi connectivity index (χ0) is 13.8. The van der Waals surface area contributed by atoms with Crippen LogP contribution in [0.5, 0.6) is 0 Å². The zero-order valence-electron chi connectivity index (χ0n) is 12.2. The van der Waals surface area contributed by atoms with Crippen LogP contribution in [0.4, 0.5) is 0 Å². The summed E-state index contributed by atoms with van der Waals surface area (Å²) in [5, 5.41) is 9.43. The van der Waals surface area contributed by atoms with Gasteiger partial charge in [-0.1, -0.05) is 6.92 Å². The van der Waals surface area contributed by atoms with E-state index in [0.717, 1.165) is 32.4 Å². The maximum Gasteiger partial charge on any atom is 0.310 e. The minimum atomic E-state index is -0.638. The molecule has 4 nitrogen and oxygen atoms in total. The van der Waals surface area contributed by atoms with Crippen LogP contribution in [0, 0.1) is 5.41 Å². The lowest BCUT2D eigenvalue weighted by Crippen LogP contribution is -2.48. The van der Waals surface area contributed by atoms with Crippen molar-refractivity contribution in [1.82, 2.24) is 4.90 Å². The van der Waals surface area contributed by atoms with Gasteiger partial charge in [0.1, 0.15) is 0 Å². The van der Waals surface area contributed by atoms with E-state index in [1.54, 1.807) is 7.11 Å². The fraction of sp³-hybridized carbons (Fsp3) is 0.929. The molecule has 0 radical (unpaired) electrons. The molecule has 1 rings (SSSR count). The van der Waals surface area contributed by atoms with Crippen molar-refractivity contribution in [3.05, 3.63) is 0 Å². The number of carboxylic acids is 1. The van der Waals surface area contributed by atoms with Crippen molar-refractivity contribution in [3.63, 3.8) is 0 Å². The molecule has 1 aliphatic rings. The average Bonchev–Trinajstić information content (AvgIpc) is 2.36. The largest absolute Gasteiger partial charge is 0.481 e. The molecule has 0 aliphatic carbocycles. The van der Waals surface area contributed by atoms with E-state index in [4.69, 9.17) is 4.74 Å². The van der Waals surface area contributed by atoms with Gasteiger partial charge in [-0.25, -0.2) is 0 Å². The van der Waals surface area contributed by atoms with Crippen LogP contribution in [0.25, 0.3) is 0 Å². The molecule has 0 amide bonds. The van der Waals surface area contributed by atoms with Gasteiger partial charge >= 0.3 is 5.97 Å². The third kappa shape index (κ3) is 3.69. The number of ether oxygens (including phenoxy) is 1. The molecule has 1 N–H and O–H groups in total. The molecule has 18 heavy (non-hydrogen) atoms. The van der Waals surface area contributed by atoms with Crippen molar-refractivity contribution in [2.75, 3.05) is 26.7 Å². The summed E-state index contributed by atoms with van der Waals surface area (Å²) in [5.41, 5.74) is -0.662. The monoisotopic (exact) mass is 257 g/mol. The van der Waals surface area contributed by atoms with Gasteiger partial charge in [0.2, 0.25) is 0 Å². The van der Waals surface area contributed by atoms with E-state index in [-0.39, 0.29) is 5.60 Å². The van der Waals surface area contributed by atoms with E-state index >= 15 is 0 Å². The highest BCUT2D eigenvalue weighted by Gasteiger charge is 2.40. The molecule has 1 saturated heterocycles. The topological polar surface area (TPSA) is 49.8 Å². The van der Waals surface area contributed by atoms with Gasteiger partial charge in [0, 0.05) is 20.2 Å². The van der Waals surface area contributed by atoms with Crippen LogP contribution in [0.2, 0.25) is 0 Å². The van der Waals surface area contributed by atoms with Gasteiger partial charge in [-0.05, 0) is 46.1 Å². The smallest absolute Gasteiger partial charge is 0.310 e. The lowest BCUT2D eigenvalue weighted by molar-refractivity contribution is -0.153. The SMILES string of the molecule is CCC1(C(=O)O)CCCN(CCC(C)(C)OC)C1. The van der Waals surface area contributed by atoms with Crippen molar-refractivity contribution >= 4 is 5.97 Å². The summed E-state index contributed by atoms with van der Waals surface area (Å²) >= 11 is 0. The summed E-state index contributed by atoms with van der Waals surface area (Å²) in [4.78, 5) is 13.7.